The van der Waals surface area contributed by atoms with Gasteiger partial charge >= 0.3 is 0 Å². The quantitative estimate of drug-likeness (QED) is 0.149. The van der Waals surface area contributed by atoms with Gasteiger partial charge < -0.3 is 14.7 Å². The molecule has 9 aromatic rings. The molecule has 2 aliphatic rings. The number of benzene rings is 9. The van der Waals surface area contributed by atoms with E-state index in [1.54, 1.807) is 0 Å². The van der Waals surface area contributed by atoms with E-state index in [4.69, 9.17) is 0 Å². The van der Waals surface area contributed by atoms with Crippen molar-refractivity contribution >= 4 is 74.3 Å². The Balaban J connectivity index is 1.21. The van der Waals surface area contributed by atoms with Gasteiger partial charge in [0.15, 0.2) is 0 Å². The highest BCUT2D eigenvalue weighted by Gasteiger charge is 2.44. The van der Waals surface area contributed by atoms with Gasteiger partial charge in [0, 0.05) is 51.1 Å². The third kappa shape index (κ3) is 6.71. The first-order chi connectivity index (χ1) is 30.8. The molecule has 0 spiro atoms. The second-order valence-corrected chi connectivity index (χ2v) is 17.9. The Kier molecular flexibility index (Phi) is 9.39. The third-order valence-electron chi connectivity index (χ3n) is 12.8. The largest absolute Gasteiger partial charge is 0.311 e. The van der Waals surface area contributed by atoms with E-state index in [1.165, 1.54) is 72.5 Å². The van der Waals surface area contributed by atoms with Crippen molar-refractivity contribution in [2.45, 2.75) is 33.1 Å². The monoisotopic (exact) mass is 809 g/mol. The molecule has 9 aromatic carbocycles. The van der Waals surface area contributed by atoms with Gasteiger partial charge in [0.1, 0.15) is 0 Å². The van der Waals surface area contributed by atoms with E-state index in [-0.39, 0.29) is 12.1 Å². The molecule has 2 aliphatic heterocycles. The molecule has 0 aromatic heterocycles. The zero-order valence-corrected chi connectivity index (χ0v) is 36.2. The van der Waals surface area contributed by atoms with Crippen LogP contribution in [0.25, 0.3) is 22.3 Å². The van der Waals surface area contributed by atoms with Crippen LogP contribution in [0.1, 0.15) is 31.9 Å². The minimum Gasteiger partial charge on any atom is -0.311 e. The summed E-state index contributed by atoms with van der Waals surface area (Å²) in [7, 11) is 0. The molecule has 0 bridgehead atoms. The van der Waals surface area contributed by atoms with Gasteiger partial charge in [-0.25, -0.2) is 0 Å². The summed E-state index contributed by atoms with van der Waals surface area (Å²) in [5.74, 6) is 0. The molecule has 0 amide bonds. The van der Waals surface area contributed by atoms with E-state index in [2.05, 4.69) is 261 Å². The van der Waals surface area contributed by atoms with Crippen molar-refractivity contribution in [3.63, 3.8) is 0 Å². The predicted octanol–water partition coefficient (Wildman–Crippen LogP) is 14.2. The number of hydrogen-bond acceptors (Lipinski definition) is 3. The van der Waals surface area contributed by atoms with Gasteiger partial charge in [0.25, 0.3) is 6.71 Å². The lowest BCUT2D eigenvalue weighted by molar-refractivity contribution is 0.590. The first kappa shape index (κ1) is 38.4. The van der Waals surface area contributed by atoms with Crippen LogP contribution in [0.2, 0.25) is 0 Å². The highest BCUT2D eigenvalue weighted by molar-refractivity contribution is 7.00. The summed E-state index contributed by atoms with van der Waals surface area (Å²) in [6.45, 7) is 9.09. The Morgan fingerprint density at radius 2 is 0.921 bits per heavy atom. The van der Waals surface area contributed by atoms with Crippen LogP contribution in [0.4, 0.5) is 51.2 Å². The Bertz CT molecular complexity index is 3070. The molecule has 0 aliphatic carbocycles. The maximum absolute atomic E-state index is 2.55. The maximum atomic E-state index is 2.55. The molecule has 0 fully saturated rings. The minimum absolute atomic E-state index is 0.0217. The van der Waals surface area contributed by atoms with E-state index in [0.717, 1.165) is 28.4 Å². The summed E-state index contributed by atoms with van der Waals surface area (Å²) in [6.07, 6.45) is 0. The zero-order chi connectivity index (χ0) is 42.7. The fourth-order valence-electron chi connectivity index (χ4n) is 9.84. The molecule has 2 heterocycles. The van der Waals surface area contributed by atoms with E-state index in [1.807, 2.05) is 0 Å². The van der Waals surface area contributed by atoms with Crippen LogP contribution in [0.3, 0.4) is 0 Å². The SMILES string of the molecule is Cc1cc2c3c(c1)N(c1ccccc1-c1ccccc1)c1cc(-c4ccccc4)ccc1B3c1ccc(N(c3ccccc3)c3ccccc3)cc1N2c1ccc(C(C)(C)C)cc1. The number of aryl methyl sites for hydroxylation is 1. The highest BCUT2D eigenvalue weighted by Crippen LogP contribution is 2.48. The Labute approximate surface area is 372 Å². The van der Waals surface area contributed by atoms with Crippen molar-refractivity contribution in [2.24, 2.45) is 0 Å². The van der Waals surface area contributed by atoms with Crippen molar-refractivity contribution in [3.8, 4) is 22.3 Å². The number of anilines is 9. The zero-order valence-electron chi connectivity index (χ0n) is 36.2. The average molecular weight is 810 g/mol. The minimum atomic E-state index is -0.0217. The fourth-order valence-corrected chi connectivity index (χ4v) is 9.84. The Morgan fingerprint density at radius 1 is 0.397 bits per heavy atom. The van der Waals surface area contributed by atoms with Crippen molar-refractivity contribution in [1.29, 1.82) is 0 Å². The lowest BCUT2D eigenvalue weighted by Crippen LogP contribution is -2.61. The summed E-state index contributed by atoms with van der Waals surface area (Å²) < 4.78 is 0. The van der Waals surface area contributed by atoms with Gasteiger partial charge in [0.05, 0.1) is 5.69 Å². The third-order valence-corrected chi connectivity index (χ3v) is 12.8. The first-order valence-corrected chi connectivity index (χ1v) is 22.1. The van der Waals surface area contributed by atoms with Gasteiger partial charge in [-0.05, 0) is 129 Å². The lowest BCUT2D eigenvalue weighted by atomic mass is 9.33. The van der Waals surface area contributed by atoms with Crippen LogP contribution in [0.5, 0.6) is 0 Å². The summed E-state index contributed by atoms with van der Waals surface area (Å²) in [6, 6.07) is 80.4. The number of hydrogen-bond donors (Lipinski definition) is 0. The summed E-state index contributed by atoms with van der Waals surface area (Å²) in [5.41, 5.74) is 21.6. The molecule has 0 radical (unpaired) electrons. The molecule has 0 unspecified atom stereocenters. The molecule has 0 saturated carbocycles. The van der Waals surface area contributed by atoms with Crippen LogP contribution in [0.15, 0.2) is 218 Å². The summed E-state index contributed by atoms with van der Waals surface area (Å²) >= 11 is 0. The van der Waals surface area contributed by atoms with Gasteiger partial charge in [-0.3, -0.25) is 0 Å². The smallest absolute Gasteiger partial charge is 0.252 e. The molecule has 11 rings (SSSR count). The van der Waals surface area contributed by atoms with Crippen LogP contribution >= 0.6 is 0 Å². The van der Waals surface area contributed by atoms with Crippen molar-refractivity contribution in [1.82, 2.24) is 0 Å². The highest BCUT2D eigenvalue weighted by atomic mass is 15.2. The van der Waals surface area contributed by atoms with Crippen LogP contribution in [0, 0.1) is 6.92 Å². The molecular formula is C59H48BN3. The normalized spacial score (nSPS) is 12.7. The van der Waals surface area contributed by atoms with Gasteiger partial charge in [-0.15, -0.1) is 0 Å². The average Bonchev–Trinajstić information content (AvgIpc) is 3.32. The molecule has 3 nitrogen and oxygen atoms in total. The molecule has 4 heteroatoms. The topological polar surface area (TPSA) is 9.72 Å². The molecule has 0 atom stereocenters. The van der Waals surface area contributed by atoms with Gasteiger partial charge in [-0.2, -0.15) is 0 Å². The molecule has 302 valence electrons. The molecule has 0 N–H and O–H groups in total. The fraction of sp³-hybridized carbons (Fsp3) is 0.0847. The molecular weight excluding hydrogens is 761 g/mol. The maximum Gasteiger partial charge on any atom is 0.252 e. The molecule has 63 heavy (non-hydrogen) atoms. The van der Waals surface area contributed by atoms with E-state index < -0.39 is 0 Å². The van der Waals surface area contributed by atoms with Gasteiger partial charge in [-0.1, -0.05) is 166 Å². The number of nitrogens with zero attached hydrogens (tertiary/aromatic N) is 3. The van der Waals surface area contributed by atoms with Crippen LogP contribution in [-0.2, 0) is 5.41 Å². The summed E-state index contributed by atoms with van der Waals surface area (Å²) in [5, 5.41) is 0. The van der Waals surface area contributed by atoms with E-state index in [9.17, 15) is 0 Å². The summed E-state index contributed by atoms with van der Waals surface area (Å²) in [4.78, 5) is 7.47. The first-order valence-electron chi connectivity index (χ1n) is 22.1. The lowest BCUT2D eigenvalue weighted by Gasteiger charge is -2.45. The number of fused-ring (bicyclic) bond motifs is 4. The van der Waals surface area contributed by atoms with Crippen molar-refractivity contribution in [3.05, 3.63) is 230 Å². The second-order valence-electron chi connectivity index (χ2n) is 17.9. The Morgan fingerprint density at radius 3 is 1.54 bits per heavy atom. The van der Waals surface area contributed by atoms with Crippen LogP contribution in [-0.4, -0.2) is 6.71 Å². The van der Waals surface area contributed by atoms with Crippen LogP contribution < -0.4 is 31.1 Å². The number of rotatable bonds is 7. The van der Waals surface area contributed by atoms with E-state index >= 15 is 0 Å². The standard InChI is InChI=1S/C59H48BN3/c1-41-37-56-58-57(38-41)63(53-28-18-17-27-50(53)43-21-11-6-12-22-43)54-39-44(42-19-9-5-10-20-42)29-35-51(54)60(58)52-36-34-49(61(46-23-13-7-14-24-46)47-25-15-8-16-26-47)40-55(52)62(56)48-32-30-45(31-33-48)59(2,3)4/h5-40H,1-4H3. The second kappa shape index (κ2) is 15.4. The van der Waals surface area contributed by atoms with Crippen molar-refractivity contribution < 1.29 is 0 Å². The number of para-hydroxylation sites is 3. The predicted molar refractivity (Wildman–Crippen MR) is 269 cm³/mol. The Hall–Kier alpha value is -7.56. The van der Waals surface area contributed by atoms with E-state index in [0.29, 0.717) is 0 Å². The van der Waals surface area contributed by atoms with Gasteiger partial charge in [0.2, 0.25) is 0 Å². The molecule has 0 saturated heterocycles. The van der Waals surface area contributed by atoms with Crippen molar-refractivity contribution in [2.75, 3.05) is 14.7 Å².